The fourth-order valence-corrected chi connectivity index (χ4v) is 6.39. The van der Waals surface area contributed by atoms with Crippen molar-refractivity contribution in [3.05, 3.63) is 52.4 Å². The molecule has 0 bridgehead atoms. The molecule has 6 N–H and O–H groups in total. The highest BCUT2D eigenvalue weighted by Gasteiger charge is 2.26. The van der Waals surface area contributed by atoms with Crippen molar-refractivity contribution in [1.29, 1.82) is 0 Å². The Kier molecular flexibility index (Phi) is 8.54. The van der Waals surface area contributed by atoms with Gasteiger partial charge in [-0.3, -0.25) is 18.6 Å². The third-order valence-electron chi connectivity index (χ3n) is 6.54. The van der Waals surface area contributed by atoms with E-state index in [0.717, 1.165) is 24.3 Å². The number of ether oxygens (including phenoxy) is 1. The normalized spacial score (nSPS) is 14.7. The summed E-state index contributed by atoms with van der Waals surface area (Å²) < 4.78 is 107. The number of hydrogen-bond acceptors (Lipinski definition) is 15. The van der Waals surface area contributed by atoms with Crippen LogP contribution in [0.1, 0.15) is 5.56 Å². The van der Waals surface area contributed by atoms with Gasteiger partial charge in [0.1, 0.15) is 21.2 Å². The van der Waals surface area contributed by atoms with E-state index in [1.54, 1.807) is 4.90 Å². The Bertz CT molecular complexity index is 2300. The second kappa shape index (κ2) is 12.0. The van der Waals surface area contributed by atoms with Gasteiger partial charge in [-0.15, -0.1) is 10.2 Å². The number of aromatic nitrogens is 3. The Morgan fingerprint density at radius 3 is 2.20 bits per heavy atom. The number of hydrogen-bond donors (Lipinski definition) is 6. The summed E-state index contributed by atoms with van der Waals surface area (Å²) in [6, 6.07) is 5.91. The number of aryl methyl sites for hydroxylation is 1. The van der Waals surface area contributed by atoms with Crippen LogP contribution >= 0.6 is 0 Å². The van der Waals surface area contributed by atoms with E-state index in [1.807, 2.05) is 0 Å². The molecule has 0 spiro atoms. The van der Waals surface area contributed by atoms with Gasteiger partial charge in [-0.25, -0.2) is 4.79 Å². The zero-order valence-corrected chi connectivity index (χ0v) is 25.8. The van der Waals surface area contributed by atoms with Gasteiger partial charge in [0.05, 0.1) is 23.8 Å². The maximum absolute atomic E-state index is 12.4. The predicted octanol–water partition coefficient (Wildman–Crippen LogP) is 2.07. The van der Waals surface area contributed by atoms with Gasteiger partial charge in [-0.1, -0.05) is 6.07 Å². The molecule has 1 aliphatic heterocycles. The summed E-state index contributed by atoms with van der Waals surface area (Å²) >= 11 is 0. The van der Waals surface area contributed by atoms with E-state index in [-0.39, 0.29) is 28.4 Å². The Labute approximate surface area is 259 Å². The molecule has 19 nitrogen and oxygen atoms in total. The highest BCUT2D eigenvalue weighted by molar-refractivity contribution is 7.86. The molecule has 0 atom stereocenters. The van der Waals surface area contributed by atoms with Crippen molar-refractivity contribution in [2.45, 2.75) is 21.6 Å². The summed E-state index contributed by atoms with van der Waals surface area (Å²) in [7, 11) is -15.0. The van der Waals surface area contributed by atoms with E-state index in [2.05, 4.69) is 30.5 Å². The topological polar surface area (TPSA) is 291 Å². The van der Waals surface area contributed by atoms with E-state index in [0.29, 0.717) is 37.9 Å². The maximum atomic E-state index is 12.4. The Morgan fingerprint density at radius 1 is 0.891 bits per heavy atom. The van der Waals surface area contributed by atoms with E-state index >= 15 is 0 Å². The van der Waals surface area contributed by atoms with Crippen LogP contribution in [0.5, 0.6) is 5.75 Å². The van der Waals surface area contributed by atoms with Crippen LogP contribution in [0, 0.1) is 6.92 Å². The van der Waals surface area contributed by atoms with E-state index < -0.39 is 67.9 Å². The van der Waals surface area contributed by atoms with Crippen molar-refractivity contribution in [1.82, 2.24) is 15.0 Å². The van der Waals surface area contributed by atoms with Gasteiger partial charge in [0, 0.05) is 18.5 Å². The lowest BCUT2D eigenvalue weighted by Crippen LogP contribution is -2.38. The Balaban J connectivity index is 1.75. The van der Waals surface area contributed by atoms with Crippen molar-refractivity contribution < 1.29 is 48.8 Å². The molecule has 46 heavy (non-hydrogen) atoms. The molecular weight excluding hydrogens is 675 g/mol. The minimum Gasteiger partial charge on any atom is -0.505 e. The number of aromatic amines is 1. The number of phenolic OH excluding ortho intramolecular Hbond substituents is 1. The summed E-state index contributed by atoms with van der Waals surface area (Å²) in [6.07, 6.45) is 0. The molecule has 4 aromatic rings. The number of rotatable bonds is 8. The summed E-state index contributed by atoms with van der Waals surface area (Å²) in [5.41, 5.74) is -2.22. The minimum atomic E-state index is -5.24. The average molecular weight is 698 g/mol. The smallest absolute Gasteiger partial charge is 0.351 e. The first-order valence-electron chi connectivity index (χ1n) is 12.8. The van der Waals surface area contributed by atoms with Crippen LogP contribution in [0.4, 0.5) is 29.0 Å². The number of azo groups is 1. The first kappa shape index (κ1) is 32.8. The third kappa shape index (κ3) is 6.96. The fourth-order valence-electron chi connectivity index (χ4n) is 4.48. The van der Waals surface area contributed by atoms with Gasteiger partial charge in [-0.05, 0) is 48.2 Å². The van der Waals surface area contributed by atoms with Crippen LogP contribution in [0.2, 0.25) is 0 Å². The molecule has 0 amide bonds. The molecule has 1 aromatic heterocycles. The zero-order chi connectivity index (χ0) is 33.6. The van der Waals surface area contributed by atoms with Crippen LogP contribution in [-0.2, 0) is 35.1 Å². The van der Waals surface area contributed by atoms with Crippen LogP contribution < -0.4 is 15.9 Å². The number of aromatic hydroxyl groups is 1. The minimum absolute atomic E-state index is 0.0232. The molecule has 0 unspecified atom stereocenters. The quantitative estimate of drug-likeness (QED) is 0.113. The van der Waals surface area contributed by atoms with Crippen molar-refractivity contribution in [2.24, 2.45) is 10.2 Å². The second-order valence-electron chi connectivity index (χ2n) is 9.76. The highest BCUT2D eigenvalue weighted by atomic mass is 32.2. The first-order valence-corrected chi connectivity index (χ1v) is 17.1. The predicted molar refractivity (Wildman–Crippen MR) is 159 cm³/mol. The maximum Gasteiger partial charge on any atom is 0.351 e. The average Bonchev–Trinajstić information content (AvgIpc) is 2.95. The molecule has 0 saturated carbocycles. The second-order valence-corrected chi connectivity index (χ2v) is 14.0. The van der Waals surface area contributed by atoms with Gasteiger partial charge in [0.2, 0.25) is 11.9 Å². The third-order valence-corrected chi connectivity index (χ3v) is 9.12. The molecule has 244 valence electrons. The van der Waals surface area contributed by atoms with Crippen molar-refractivity contribution >= 4 is 70.1 Å². The number of nitrogens with one attached hydrogen (secondary N) is 2. The largest absolute Gasteiger partial charge is 0.505 e. The lowest BCUT2D eigenvalue weighted by molar-refractivity contribution is 0.122. The molecule has 22 heteroatoms. The van der Waals surface area contributed by atoms with Crippen LogP contribution in [0.25, 0.3) is 10.8 Å². The number of anilines is 3. The molecule has 2 heterocycles. The number of nitrogens with zero attached hydrogens (tertiary/aromatic N) is 5. The van der Waals surface area contributed by atoms with Crippen LogP contribution in [0.3, 0.4) is 0 Å². The molecule has 5 rings (SSSR count). The first-order chi connectivity index (χ1) is 21.4. The lowest BCUT2D eigenvalue weighted by atomic mass is 10.1. The van der Waals surface area contributed by atoms with E-state index in [1.165, 1.54) is 13.0 Å². The lowest BCUT2D eigenvalue weighted by Gasteiger charge is -2.26. The van der Waals surface area contributed by atoms with E-state index in [9.17, 15) is 48.8 Å². The number of fused-ring (bicyclic) bond motifs is 1. The van der Waals surface area contributed by atoms with Crippen molar-refractivity contribution in [2.75, 3.05) is 36.5 Å². The van der Waals surface area contributed by atoms with Crippen LogP contribution in [0.15, 0.2) is 66.1 Å². The van der Waals surface area contributed by atoms with Gasteiger partial charge in [0.15, 0.2) is 5.75 Å². The number of H-pyrrole nitrogens is 1. The SMILES string of the molecule is Cc1ccc(N=Nc2c(S(=O)(=O)O)cc3cc(S(=O)(=O)O)cc(Nc4nc(N5CCOCC5)nc(=O)[nH]4)c3c2O)c(S(=O)(=O)O)c1. The zero-order valence-electron chi connectivity index (χ0n) is 23.3. The van der Waals surface area contributed by atoms with Gasteiger partial charge < -0.3 is 20.1 Å². The molecule has 1 aliphatic rings. The number of phenols is 1. The van der Waals surface area contributed by atoms with Gasteiger partial charge in [-0.2, -0.15) is 35.2 Å². The molecule has 1 saturated heterocycles. The summed E-state index contributed by atoms with van der Waals surface area (Å²) in [5.74, 6) is -1.36. The number of morpholine rings is 1. The van der Waals surface area contributed by atoms with E-state index in [4.69, 9.17) is 4.74 Å². The number of benzene rings is 3. The molecular formula is C24H23N7O12S3. The molecule has 3 aromatic carbocycles. The van der Waals surface area contributed by atoms with Crippen molar-refractivity contribution in [3.8, 4) is 5.75 Å². The Morgan fingerprint density at radius 2 is 1.57 bits per heavy atom. The monoisotopic (exact) mass is 697 g/mol. The standard InChI is InChI=1S/C24H23N7O12S3/c1-12-2-3-15(17(8-12)45(37,38)39)29-30-20-18(46(40,41)42)10-13-9-14(44(34,35)36)11-16(19(13)21(20)32)25-22-26-23(28-24(33)27-22)31-4-6-43-7-5-31/h2-3,8-11,32H,4-7H2,1H3,(H,34,35,36)(H,37,38,39)(H,40,41,42)(H2,25,26,27,28,33). The van der Waals surface area contributed by atoms with Crippen molar-refractivity contribution in [3.63, 3.8) is 0 Å². The Hall–Kier alpha value is -4.58. The summed E-state index contributed by atoms with van der Waals surface area (Å²) in [4.78, 5) is 21.8. The fraction of sp³-hybridized carbons (Fsp3) is 0.208. The highest BCUT2D eigenvalue weighted by Crippen LogP contribution is 2.46. The molecule has 1 fully saturated rings. The van der Waals surface area contributed by atoms with Gasteiger partial charge in [0.25, 0.3) is 30.4 Å². The van der Waals surface area contributed by atoms with Crippen LogP contribution in [-0.4, -0.2) is 85.3 Å². The summed E-state index contributed by atoms with van der Waals surface area (Å²) in [5, 5.41) is 20.6. The molecule has 0 radical (unpaired) electrons. The summed E-state index contributed by atoms with van der Waals surface area (Å²) in [6.45, 7) is 2.87. The molecule has 0 aliphatic carbocycles. The van der Waals surface area contributed by atoms with Gasteiger partial charge >= 0.3 is 5.69 Å².